The van der Waals surface area contributed by atoms with Crippen molar-refractivity contribution in [3.63, 3.8) is 0 Å². The smallest absolute Gasteiger partial charge is 0.270 e. The zero-order valence-electron chi connectivity index (χ0n) is 13.6. The molecule has 0 aromatic carbocycles. The number of carbonyl (C=O) groups is 1. The number of sulfonamides is 1. The molecule has 2 atom stereocenters. The van der Waals surface area contributed by atoms with Gasteiger partial charge in [-0.3, -0.25) is 4.79 Å². The van der Waals surface area contributed by atoms with Gasteiger partial charge in [0.15, 0.2) is 0 Å². The van der Waals surface area contributed by atoms with Gasteiger partial charge in [0.2, 0.25) is 10.0 Å². The van der Waals surface area contributed by atoms with Crippen LogP contribution in [0.25, 0.3) is 0 Å². The van der Waals surface area contributed by atoms with Gasteiger partial charge < -0.3 is 15.6 Å². The number of hydrogen-bond acceptors (Lipinski definition) is 4. The van der Waals surface area contributed by atoms with E-state index in [2.05, 4.69) is 9.71 Å². The maximum Gasteiger partial charge on any atom is 0.270 e. The largest absolute Gasteiger partial charge is 0.356 e. The van der Waals surface area contributed by atoms with Crippen molar-refractivity contribution in [1.29, 1.82) is 0 Å². The van der Waals surface area contributed by atoms with Gasteiger partial charge in [-0.25, -0.2) is 13.1 Å². The van der Waals surface area contributed by atoms with E-state index in [1.165, 1.54) is 12.3 Å². The molecule has 1 aliphatic rings. The number of nitrogens with zero attached hydrogens (tertiary/aromatic N) is 1. The molecular formula is C14H25ClN4O3S. The molecule has 2 unspecified atom stereocenters. The van der Waals surface area contributed by atoms with Crippen LogP contribution < -0.4 is 10.5 Å². The van der Waals surface area contributed by atoms with Crippen LogP contribution in [0.1, 0.15) is 37.7 Å². The fourth-order valence-corrected chi connectivity index (χ4v) is 4.03. The summed E-state index contributed by atoms with van der Waals surface area (Å²) in [5, 5.41) is 0. The first-order valence-electron chi connectivity index (χ1n) is 7.46. The summed E-state index contributed by atoms with van der Waals surface area (Å²) in [6.07, 6.45) is 2.22. The van der Waals surface area contributed by atoms with E-state index >= 15 is 0 Å². The topological polar surface area (TPSA) is 108 Å². The van der Waals surface area contributed by atoms with Crippen molar-refractivity contribution in [3.8, 4) is 0 Å². The summed E-state index contributed by atoms with van der Waals surface area (Å²) in [6, 6.07) is 1.29. The molecule has 0 saturated carbocycles. The molecule has 7 nitrogen and oxygen atoms in total. The highest BCUT2D eigenvalue weighted by Crippen LogP contribution is 2.24. The summed E-state index contributed by atoms with van der Waals surface area (Å²) in [6.45, 7) is 6.64. The number of carbonyl (C=O) groups excluding carboxylic acids is 1. The molecule has 1 aliphatic heterocycles. The van der Waals surface area contributed by atoms with Gasteiger partial charge in [0.05, 0.1) is 0 Å². The normalized spacial score (nSPS) is 21.5. The highest BCUT2D eigenvalue weighted by Gasteiger charge is 2.33. The maximum atomic E-state index is 12.5. The van der Waals surface area contributed by atoms with Crippen molar-refractivity contribution in [2.24, 2.45) is 11.7 Å². The zero-order chi connectivity index (χ0) is 16.5. The third kappa shape index (κ3) is 4.47. The zero-order valence-corrected chi connectivity index (χ0v) is 15.2. The predicted octanol–water partition coefficient (Wildman–Crippen LogP) is 0.932. The number of nitrogens with one attached hydrogen (secondary N) is 2. The first-order chi connectivity index (χ1) is 10.2. The van der Waals surface area contributed by atoms with Crippen molar-refractivity contribution in [2.75, 3.05) is 13.1 Å². The molecule has 132 valence electrons. The number of halogens is 1. The average Bonchev–Trinajstić information content (AvgIpc) is 3.03. The summed E-state index contributed by atoms with van der Waals surface area (Å²) >= 11 is 0. The lowest BCUT2D eigenvalue weighted by Gasteiger charge is -2.20. The lowest BCUT2D eigenvalue weighted by atomic mass is 10.1. The molecule has 4 N–H and O–H groups in total. The fraction of sp³-hybridized carbons (Fsp3) is 0.643. The van der Waals surface area contributed by atoms with Crippen LogP contribution in [-0.2, 0) is 10.0 Å². The Morgan fingerprint density at radius 2 is 2.17 bits per heavy atom. The molecule has 0 radical (unpaired) electrons. The lowest BCUT2D eigenvalue weighted by molar-refractivity contribution is 0.0738. The molecule has 1 aromatic rings. The third-order valence-corrected chi connectivity index (χ3v) is 5.48. The van der Waals surface area contributed by atoms with Crippen LogP contribution in [-0.4, -0.2) is 49.4 Å². The van der Waals surface area contributed by atoms with E-state index in [1.807, 2.05) is 6.92 Å². The van der Waals surface area contributed by atoms with Crippen LogP contribution in [0.3, 0.4) is 0 Å². The van der Waals surface area contributed by atoms with Gasteiger partial charge in [0.1, 0.15) is 10.6 Å². The van der Waals surface area contributed by atoms with Crippen molar-refractivity contribution >= 4 is 28.3 Å². The number of rotatable bonds is 5. The number of aromatic nitrogens is 1. The predicted molar refractivity (Wildman–Crippen MR) is 91.2 cm³/mol. The van der Waals surface area contributed by atoms with Gasteiger partial charge in [-0.1, -0.05) is 0 Å². The second-order valence-electron chi connectivity index (χ2n) is 6.17. The minimum Gasteiger partial charge on any atom is -0.356 e. The molecule has 2 heterocycles. The lowest BCUT2D eigenvalue weighted by Crippen LogP contribution is -2.34. The van der Waals surface area contributed by atoms with Crippen LogP contribution in [0, 0.1) is 5.92 Å². The molecule has 1 aromatic heterocycles. The Morgan fingerprint density at radius 1 is 1.52 bits per heavy atom. The summed E-state index contributed by atoms with van der Waals surface area (Å²) in [4.78, 5) is 17.1. The highest BCUT2D eigenvalue weighted by molar-refractivity contribution is 7.89. The third-order valence-electron chi connectivity index (χ3n) is 3.84. The Labute approximate surface area is 143 Å². The molecular weight excluding hydrogens is 340 g/mol. The van der Waals surface area contributed by atoms with Crippen LogP contribution in [0.4, 0.5) is 0 Å². The van der Waals surface area contributed by atoms with Crippen LogP contribution in [0.5, 0.6) is 0 Å². The summed E-state index contributed by atoms with van der Waals surface area (Å²) in [5.74, 6) is 0.120. The molecule has 9 heteroatoms. The molecule has 23 heavy (non-hydrogen) atoms. The van der Waals surface area contributed by atoms with Crippen molar-refractivity contribution < 1.29 is 13.2 Å². The number of likely N-dealkylation sites (tertiary alicyclic amines) is 1. The van der Waals surface area contributed by atoms with Gasteiger partial charge in [-0.2, -0.15) is 0 Å². The van der Waals surface area contributed by atoms with Gasteiger partial charge >= 0.3 is 0 Å². The monoisotopic (exact) mass is 364 g/mol. The second-order valence-corrected chi connectivity index (χ2v) is 7.88. The Kier molecular flexibility index (Phi) is 6.64. The average molecular weight is 365 g/mol. The van der Waals surface area contributed by atoms with Crippen LogP contribution >= 0.6 is 12.4 Å². The first-order valence-corrected chi connectivity index (χ1v) is 8.94. The van der Waals surface area contributed by atoms with E-state index in [4.69, 9.17) is 5.73 Å². The molecule has 0 aliphatic carbocycles. The standard InChI is InChI=1S/C14H24N4O3S.ClH/c1-9(2)17-22(20,21)12-5-13(16-7-12)14(19)18-8-11(6-15)4-10(18)3;/h5,7,9-11,16-17H,4,6,8,15H2,1-3H3;1H. The summed E-state index contributed by atoms with van der Waals surface area (Å²) in [7, 11) is -3.60. The molecule has 1 amide bonds. The van der Waals surface area contributed by atoms with E-state index in [9.17, 15) is 13.2 Å². The molecule has 0 bridgehead atoms. The summed E-state index contributed by atoms with van der Waals surface area (Å²) < 4.78 is 26.7. The Balaban J connectivity index is 0.00000264. The molecule has 1 fully saturated rings. The van der Waals surface area contributed by atoms with E-state index in [0.717, 1.165) is 6.42 Å². The quantitative estimate of drug-likeness (QED) is 0.722. The van der Waals surface area contributed by atoms with Gasteiger partial charge in [0, 0.05) is 24.8 Å². The number of amides is 1. The molecule has 1 saturated heterocycles. The van der Waals surface area contributed by atoms with Gasteiger partial charge in [0.25, 0.3) is 5.91 Å². The fourth-order valence-electron chi connectivity index (χ4n) is 2.78. The van der Waals surface area contributed by atoms with Gasteiger partial charge in [-0.15, -0.1) is 12.4 Å². The Hall–Kier alpha value is -1.09. The first kappa shape index (κ1) is 20.0. The van der Waals surface area contributed by atoms with Crippen LogP contribution in [0.2, 0.25) is 0 Å². The molecule has 0 spiro atoms. The number of hydrogen-bond donors (Lipinski definition) is 3. The van der Waals surface area contributed by atoms with E-state index < -0.39 is 10.0 Å². The SMILES string of the molecule is CC(C)NS(=O)(=O)c1c[nH]c(C(=O)N2CC(CN)CC2C)c1.Cl. The number of nitrogens with two attached hydrogens (primary N) is 1. The minimum atomic E-state index is -3.60. The minimum absolute atomic E-state index is 0. The second kappa shape index (κ2) is 7.65. The molecule has 2 rings (SSSR count). The number of H-pyrrole nitrogens is 1. The van der Waals surface area contributed by atoms with E-state index in [0.29, 0.717) is 19.0 Å². The van der Waals surface area contributed by atoms with Gasteiger partial charge in [-0.05, 0) is 45.7 Å². The Bertz CT molecular complexity index is 644. The number of aromatic amines is 1. The van der Waals surface area contributed by atoms with E-state index in [-0.39, 0.29) is 41.0 Å². The van der Waals surface area contributed by atoms with Crippen molar-refractivity contribution in [2.45, 2.75) is 44.2 Å². The Morgan fingerprint density at radius 3 is 2.70 bits per heavy atom. The van der Waals surface area contributed by atoms with Crippen molar-refractivity contribution in [3.05, 3.63) is 18.0 Å². The summed E-state index contributed by atoms with van der Waals surface area (Å²) in [5.41, 5.74) is 5.96. The van der Waals surface area contributed by atoms with Crippen molar-refractivity contribution in [1.82, 2.24) is 14.6 Å². The van der Waals surface area contributed by atoms with Crippen LogP contribution in [0.15, 0.2) is 17.2 Å². The highest BCUT2D eigenvalue weighted by atomic mass is 35.5. The van der Waals surface area contributed by atoms with E-state index in [1.54, 1.807) is 18.7 Å². The maximum absolute atomic E-state index is 12.5.